The molecule has 0 radical (unpaired) electrons. The Morgan fingerprint density at radius 2 is 2.22 bits per heavy atom. The van der Waals surface area contributed by atoms with Gasteiger partial charge in [0, 0.05) is 11.6 Å². The number of benzene rings is 1. The first-order valence-electron chi connectivity index (χ1n) is 6.04. The standard InChI is InChI=1S/C13H14FN3O/c1-8-6-9(14)2-5-11(8)13-17-16-12(18-13)7-15-10-3-4-10/h2,5-6,10,15H,3-4,7H2,1H3. The molecule has 0 bridgehead atoms. The van der Waals surface area contributed by atoms with E-state index in [0.717, 1.165) is 11.1 Å². The van der Waals surface area contributed by atoms with E-state index in [1.54, 1.807) is 6.07 Å². The molecule has 1 heterocycles. The summed E-state index contributed by atoms with van der Waals surface area (Å²) in [4.78, 5) is 0. The Morgan fingerprint density at radius 3 is 2.94 bits per heavy atom. The largest absolute Gasteiger partial charge is 0.419 e. The van der Waals surface area contributed by atoms with Crippen LogP contribution in [-0.2, 0) is 6.54 Å². The first-order chi connectivity index (χ1) is 8.72. The zero-order valence-electron chi connectivity index (χ0n) is 10.1. The number of aromatic nitrogens is 2. The van der Waals surface area contributed by atoms with Crippen LogP contribution in [0.1, 0.15) is 24.3 Å². The molecular weight excluding hydrogens is 233 g/mol. The molecule has 0 amide bonds. The van der Waals surface area contributed by atoms with Crippen LogP contribution in [0.3, 0.4) is 0 Å². The molecule has 4 nitrogen and oxygen atoms in total. The number of hydrogen-bond donors (Lipinski definition) is 1. The summed E-state index contributed by atoms with van der Waals surface area (Å²) in [5, 5.41) is 11.3. The molecule has 1 aromatic carbocycles. The van der Waals surface area contributed by atoms with E-state index in [2.05, 4.69) is 15.5 Å². The highest BCUT2D eigenvalue weighted by atomic mass is 19.1. The molecule has 0 unspecified atom stereocenters. The van der Waals surface area contributed by atoms with Crippen molar-refractivity contribution < 1.29 is 8.81 Å². The van der Waals surface area contributed by atoms with Gasteiger partial charge in [0.25, 0.3) is 0 Å². The molecule has 0 aliphatic heterocycles. The number of hydrogen-bond acceptors (Lipinski definition) is 4. The van der Waals surface area contributed by atoms with Crippen molar-refractivity contribution in [3.8, 4) is 11.5 Å². The molecule has 2 aromatic rings. The van der Waals surface area contributed by atoms with Gasteiger partial charge in [-0.3, -0.25) is 0 Å². The molecule has 1 fully saturated rings. The van der Waals surface area contributed by atoms with Gasteiger partial charge in [0.15, 0.2) is 0 Å². The molecule has 3 rings (SSSR count). The van der Waals surface area contributed by atoms with Crippen molar-refractivity contribution >= 4 is 0 Å². The van der Waals surface area contributed by atoms with E-state index in [0.29, 0.717) is 24.4 Å². The maximum absolute atomic E-state index is 13.0. The number of halogens is 1. The molecule has 0 atom stereocenters. The highest BCUT2D eigenvalue weighted by Crippen LogP contribution is 2.23. The lowest BCUT2D eigenvalue weighted by Crippen LogP contribution is -2.15. The summed E-state index contributed by atoms with van der Waals surface area (Å²) >= 11 is 0. The first kappa shape index (κ1) is 11.3. The van der Waals surface area contributed by atoms with Crippen LogP contribution in [0.4, 0.5) is 4.39 Å². The normalized spacial score (nSPS) is 15.0. The number of nitrogens with zero attached hydrogens (tertiary/aromatic N) is 2. The third kappa shape index (κ3) is 2.41. The predicted octanol–water partition coefficient (Wildman–Crippen LogP) is 2.44. The molecule has 1 N–H and O–H groups in total. The van der Waals surface area contributed by atoms with Gasteiger partial charge in [0.05, 0.1) is 6.54 Å². The molecule has 0 spiro atoms. The summed E-state index contributed by atoms with van der Waals surface area (Å²) in [7, 11) is 0. The maximum Gasteiger partial charge on any atom is 0.248 e. The monoisotopic (exact) mass is 247 g/mol. The zero-order chi connectivity index (χ0) is 12.5. The van der Waals surface area contributed by atoms with Crippen LogP contribution in [0.2, 0.25) is 0 Å². The molecule has 18 heavy (non-hydrogen) atoms. The van der Waals surface area contributed by atoms with Gasteiger partial charge in [0.2, 0.25) is 11.8 Å². The van der Waals surface area contributed by atoms with Crippen molar-refractivity contribution in [2.24, 2.45) is 0 Å². The van der Waals surface area contributed by atoms with Gasteiger partial charge in [-0.25, -0.2) is 4.39 Å². The van der Waals surface area contributed by atoms with Gasteiger partial charge in [-0.2, -0.15) is 0 Å². The van der Waals surface area contributed by atoms with Crippen molar-refractivity contribution in [3.05, 3.63) is 35.5 Å². The second-order valence-corrected chi connectivity index (χ2v) is 4.62. The lowest BCUT2D eigenvalue weighted by molar-refractivity contribution is 0.476. The number of rotatable bonds is 4. The van der Waals surface area contributed by atoms with E-state index < -0.39 is 0 Å². The van der Waals surface area contributed by atoms with Crippen LogP contribution < -0.4 is 5.32 Å². The Morgan fingerprint density at radius 1 is 1.39 bits per heavy atom. The SMILES string of the molecule is Cc1cc(F)ccc1-c1nnc(CNC2CC2)o1. The van der Waals surface area contributed by atoms with Crippen molar-refractivity contribution in [2.75, 3.05) is 0 Å². The minimum atomic E-state index is -0.258. The second kappa shape index (κ2) is 4.49. The van der Waals surface area contributed by atoms with Crippen LogP contribution in [0, 0.1) is 12.7 Å². The van der Waals surface area contributed by atoms with Gasteiger partial charge < -0.3 is 9.73 Å². The van der Waals surface area contributed by atoms with Gasteiger partial charge in [-0.05, 0) is 43.5 Å². The van der Waals surface area contributed by atoms with E-state index in [1.807, 2.05) is 6.92 Å². The topological polar surface area (TPSA) is 51.0 Å². The molecule has 1 aromatic heterocycles. The summed E-state index contributed by atoms with van der Waals surface area (Å²) < 4.78 is 18.6. The Bertz CT molecular complexity index is 563. The van der Waals surface area contributed by atoms with Crippen LogP contribution in [0.25, 0.3) is 11.5 Å². The van der Waals surface area contributed by atoms with Gasteiger partial charge in [-0.15, -0.1) is 10.2 Å². The predicted molar refractivity (Wildman–Crippen MR) is 64.3 cm³/mol. The summed E-state index contributed by atoms with van der Waals surface area (Å²) in [5.41, 5.74) is 1.57. The fraction of sp³-hybridized carbons (Fsp3) is 0.385. The van der Waals surface area contributed by atoms with Crippen molar-refractivity contribution in [1.82, 2.24) is 15.5 Å². The molecule has 1 aliphatic carbocycles. The first-order valence-corrected chi connectivity index (χ1v) is 6.04. The molecule has 0 saturated heterocycles. The quantitative estimate of drug-likeness (QED) is 0.901. The minimum absolute atomic E-state index is 0.258. The van der Waals surface area contributed by atoms with Crippen LogP contribution in [-0.4, -0.2) is 16.2 Å². The molecule has 1 saturated carbocycles. The number of aryl methyl sites for hydroxylation is 1. The van der Waals surface area contributed by atoms with Crippen molar-refractivity contribution in [1.29, 1.82) is 0 Å². The Balaban J connectivity index is 1.78. The Labute approximate surface area is 104 Å². The lowest BCUT2D eigenvalue weighted by Gasteiger charge is -2.00. The highest BCUT2D eigenvalue weighted by Gasteiger charge is 2.21. The number of nitrogens with one attached hydrogen (secondary N) is 1. The summed E-state index contributed by atoms with van der Waals surface area (Å²) in [5.74, 6) is 0.757. The van der Waals surface area contributed by atoms with Gasteiger partial charge in [0.1, 0.15) is 5.82 Å². The summed E-state index contributed by atoms with van der Waals surface area (Å²) in [6.07, 6.45) is 2.44. The average Bonchev–Trinajstić information content (AvgIpc) is 3.05. The summed E-state index contributed by atoms with van der Waals surface area (Å²) in [6, 6.07) is 5.12. The van der Waals surface area contributed by atoms with E-state index in [4.69, 9.17) is 4.42 Å². The van der Waals surface area contributed by atoms with E-state index in [-0.39, 0.29) is 5.82 Å². The van der Waals surface area contributed by atoms with Crippen LogP contribution in [0.15, 0.2) is 22.6 Å². The van der Waals surface area contributed by atoms with Crippen LogP contribution >= 0.6 is 0 Å². The van der Waals surface area contributed by atoms with Crippen molar-refractivity contribution in [2.45, 2.75) is 32.4 Å². The smallest absolute Gasteiger partial charge is 0.248 e. The van der Waals surface area contributed by atoms with Crippen molar-refractivity contribution in [3.63, 3.8) is 0 Å². The van der Waals surface area contributed by atoms with E-state index in [1.165, 1.54) is 25.0 Å². The van der Waals surface area contributed by atoms with Crippen LogP contribution in [0.5, 0.6) is 0 Å². The fourth-order valence-electron chi connectivity index (χ4n) is 1.82. The lowest BCUT2D eigenvalue weighted by atomic mass is 10.1. The third-order valence-electron chi connectivity index (χ3n) is 3.01. The average molecular weight is 247 g/mol. The van der Waals surface area contributed by atoms with E-state index in [9.17, 15) is 4.39 Å². The molecular formula is C13H14FN3O. The second-order valence-electron chi connectivity index (χ2n) is 4.62. The molecule has 5 heteroatoms. The Kier molecular flexibility index (Phi) is 2.83. The van der Waals surface area contributed by atoms with E-state index >= 15 is 0 Å². The third-order valence-corrected chi connectivity index (χ3v) is 3.01. The van der Waals surface area contributed by atoms with Gasteiger partial charge >= 0.3 is 0 Å². The summed E-state index contributed by atoms with van der Waals surface area (Å²) in [6.45, 7) is 2.42. The minimum Gasteiger partial charge on any atom is -0.419 e. The van der Waals surface area contributed by atoms with Gasteiger partial charge in [-0.1, -0.05) is 0 Å². The zero-order valence-corrected chi connectivity index (χ0v) is 10.1. The Hall–Kier alpha value is -1.75. The molecule has 94 valence electrons. The fourth-order valence-corrected chi connectivity index (χ4v) is 1.82. The maximum atomic E-state index is 13.0. The molecule has 1 aliphatic rings. The highest BCUT2D eigenvalue weighted by molar-refractivity contribution is 5.57.